The van der Waals surface area contributed by atoms with Gasteiger partial charge in [-0.3, -0.25) is 4.79 Å². The van der Waals surface area contributed by atoms with E-state index in [1.807, 2.05) is 41.0 Å². The molecule has 0 aliphatic heterocycles. The van der Waals surface area contributed by atoms with Crippen LogP contribution in [-0.4, -0.2) is 20.6 Å². The summed E-state index contributed by atoms with van der Waals surface area (Å²) in [5.74, 6) is -0.792. The highest BCUT2D eigenvalue weighted by atomic mass is 35.5. The number of phenolic OH excluding ortho intramolecular Hbond substituents is 1. The molecule has 0 aliphatic carbocycles. The van der Waals surface area contributed by atoms with E-state index >= 15 is 0 Å². The van der Waals surface area contributed by atoms with Crippen LogP contribution in [0.5, 0.6) is 5.75 Å². The maximum absolute atomic E-state index is 12.5. The van der Waals surface area contributed by atoms with E-state index in [2.05, 4.69) is 0 Å². The van der Waals surface area contributed by atoms with E-state index < -0.39 is 5.78 Å². The number of benzene rings is 3. The Balaban J connectivity index is 1.77. The van der Waals surface area contributed by atoms with Gasteiger partial charge in [-0.2, -0.15) is 0 Å². The summed E-state index contributed by atoms with van der Waals surface area (Å²) in [5, 5.41) is 21.9. The molecule has 3 aromatic carbocycles. The van der Waals surface area contributed by atoms with Gasteiger partial charge in [-0.05, 0) is 35.9 Å². The van der Waals surface area contributed by atoms with Crippen LogP contribution >= 0.6 is 11.6 Å². The Labute approximate surface area is 172 Å². The van der Waals surface area contributed by atoms with Crippen molar-refractivity contribution in [2.45, 2.75) is 6.54 Å². The number of rotatable bonds is 5. The number of aliphatic hydroxyl groups is 1. The molecular weight excluding hydrogens is 386 g/mol. The average Bonchev–Trinajstić information content (AvgIpc) is 3.06. The van der Waals surface area contributed by atoms with Crippen molar-refractivity contribution in [3.8, 4) is 5.75 Å². The van der Waals surface area contributed by atoms with Crippen LogP contribution in [0.1, 0.15) is 21.5 Å². The fourth-order valence-electron chi connectivity index (χ4n) is 3.35. The van der Waals surface area contributed by atoms with Gasteiger partial charge in [0, 0.05) is 40.3 Å². The maximum Gasteiger partial charge on any atom is 0.193 e. The predicted molar refractivity (Wildman–Crippen MR) is 116 cm³/mol. The van der Waals surface area contributed by atoms with E-state index in [1.54, 1.807) is 30.5 Å². The molecule has 0 saturated carbocycles. The zero-order valence-electron chi connectivity index (χ0n) is 15.4. The van der Waals surface area contributed by atoms with Crippen molar-refractivity contribution >= 4 is 34.0 Å². The predicted octanol–water partition coefficient (Wildman–Crippen LogP) is 5.83. The number of allylic oxidation sites excluding steroid dienone is 1. The highest BCUT2D eigenvalue weighted by molar-refractivity contribution is 6.31. The van der Waals surface area contributed by atoms with Crippen LogP contribution in [0.3, 0.4) is 0 Å². The molecule has 1 heterocycles. The number of fused-ring (bicyclic) bond motifs is 1. The van der Waals surface area contributed by atoms with Crippen LogP contribution in [0, 0.1) is 0 Å². The highest BCUT2D eigenvalue weighted by Gasteiger charge is 2.15. The molecule has 4 aromatic rings. The summed E-state index contributed by atoms with van der Waals surface area (Å²) in [4.78, 5) is 12.5. The maximum atomic E-state index is 12.5. The number of hydrogen-bond acceptors (Lipinski definition) is 3. The number of para-hydroxylation sites is 1. The molecular formula is C24H18ClNO3. The molecule has 144 valence electrons. The number of aromatic nitrogens is 1. The van der Waals surface area contributed by atoms with Crippen LogP contribution in [-0.2, 0) is 6.54 Å². The van der Waals surface area contributed by atoms with E-state index in [1.165, 1.54) is 12.1 Å². The van der Waals surface area contributed by atoms with Crippen LogP contribution < -0.4 is 0 Å². The number of nitrogens with zero attached hydrogens (tertiary/aromatic N) is 1. The molecule has 0 atom stereocenters. The fourth-order valence-corrected chi connectivity index (χ4v) is 3.52. The first-order chi connectivity index (χ1) is 14.0. The number of carbonyl (C=O) groups is 1. The van der Waals surface area contributed by atoms with Gasteiger partial charge in [-0.1, -0.05) is 54.1 Å². The van der Waals surface area contributed by atoms with Gasteiger partial charge >= 0.3 is 0 Å². The second-order valence-electron chi connectivity index (χ2n) is 6.73. The monoisotopic (exact) mass is 403 g/mol. The summed E-state index contributed by atoms with van der Waals surface area (Å²) in [5.41, 5.74) is 2.63. The van der Waals surface area contributed by atoms with Gasteiger partial charge in [0.2, 0.25) is 0 Å². The number of halogens is 1. The van der Waals surface area contributed by atoms with Crippen LogP contribution in [0.15, 0.2) is 85.1 Å². The van der Waals surface area contributed by atoms with Gasteiger partial charge in [0.15, 0.2) is 5.78 Å². The zero-order valence-corrected chi connectivity index (χ0v) is 16.2. The van der Waals surface area contributed by atoms with E-state index in [0.29, 0.717) is 17.1 Å². The first-order valence-electron chi connectivity index (χ1n) is 9.08. The van der Waals surface area contributed by atoms with Gasteiger partial charge in [0.05, 0.1) is 5.56 Å². The zero-order chi connectivity index (χ0) is 20.4. The second kappa shape index (κ2) is 7.86. The summed E-state index contributed by atoms with van der Waals surface area (Å²) in [7, 11) is 0. The molecule has 0 unspecified atom stereocenters. The molecule has 1 aromatic heterocycles. The van der Waals surface area contributed by atoms with E-state index in [4.69, 9.17) is 11.6 Å². The lowest BCUT2D eigenvalue weighted by Gasteiger charge is -2.05. The van der Waals surface area contributed by atoms with Gasteiger partial charge < -0.3 is 14.8 Å². The summed E-state index contributed by atoms with van der Waals surface area (Å²) >= 11 is 6.18. The van der Waals surface area contributed by atoms with E-state index in [9.17, 15) is 15.0 Å². The molecule has 0 fully saturated rings. The minimum absolute atomic E-state index is 0.129. The summed E-state index contributed by atoms with van der Waals surface area (Å²) < 4.78 is 2.00. The Morgan fingerprint density at radius 2 is 1.69 bits per heavy atom. The number of hydrogen-bond donors (Lipinski definition) is 2. The van der Waals surface area contributed by atoms with Gasteiger partial charge in [-0.15, -0.1) is 0 Å². The molecule has 5 heteroatoms. The smallest absolute Gasteiger partial charge is 0.193 e. The Hall–Kier alpha value is -3.50. The third kappa shape index (κ3) is 3.89. The van der Waals surface area contributed by atoms with Crippen molar-refractivity contribution in [2.75, 3.05) is 0 Å². The molecule has 4 rings (SSSR count). The van der Waals surface area contributed by atoms with Crippen molar-refractivity contribution in [3.05, 3.63) is 107 Å². The molecule has 2 N–H and O–H groups in total. The van der Waals surface area contributed by atoms with Crippen molar-refractivity contribution in [2.24, 2.45) is 0 Å². The SMILES string of the molecule is O=C(/C=C(/O)c1cn(Cc2ccccc2)c2ccc(Cl)cc12)c1ccccc1O. The standard InChI is InChI=1S/C24H18ClNO3/c25-17-10-11-21-19(12-17)20(15-26(21)14-16-6-2-1-3-7-16)24(29)13-23(28)18-8-4-5-9-22(18)27/h1-13,15,27,29H,14H2/b24-13+. The third-order valence-corrected chi connectivity index (χ3v) is 4.99. The lowest BCUT2D eigenvalue weighted by Crippen LogP contribution is -1.98. The van der Waals surface area contributed by atoms with Crippen molar-refractivity contribution in [3.63, 3.8) is 0 Å². The normalized spacial score (nSPS) is 11.7. The second-order valence-corrected chi connectivity index (χ2v) is 7.17. The average molecular weight is 404 g/mol. The Morgan fingerprint density at radius 1 is 0.966 bits per heavy atom. The topological polar surface area (TPSA) is 62.5 Å². The molecule has 29 heavy (non-hydrogen) atoms. The molecule has 0 radical (unpaired) electrons. The van der Waals surface area contributed by atoms with Crippen LogP contribution in [0.4, 0.5) is 0 Å². The third-order valence-electron chi connectivity index (χ3n) is 4.75. The first-order valence-corrected chi connectivity index (χ1v) is 9.46. The van der Waals surface area contributed by atoms with Crippen LogP contribution in [0.25, 0.3) is 16.7 Å². The summed E-state index contributed by atoms with van der Waals surface area (Å²) in [6.45, 7) is 0.611. The number of aliphatic hydroxyl groups excluding tert-OH is 1. The van der Waals surface area contributed by atoms with Crippen molar-refractivity contribution in [1.29, 1.82) is 0 Å². The minimum atomic E-state index is -0.480. The van der Waals surface area contributed by atoms with Crippen molar-refractivity contribution < 1.29 is 15.0 Å². The van der Waals surface area contributed by atoms with Crippen LogP contribution in [0.2, 0.25) is 5.02 Å². The Kier molecular flexibility index (Phi) is 5.10. The Morgan fingerprint density at radius 3 is 2.45 bits per heavy atom. The minimum Gasteiger partial charge on any atom is -0.507 e. The van der Waals surface area contributed by atoms with Gasteiger partial charge in [0.25, 0.3) is 0 Å². The summed E-state index contributed by atoms with van der Waals surface area (Å²) in [6, 6.07) is 21.6. The molecule has 0 aliphatic rings. The Bertz CT molecular complexity index is 1230. The summed E-state index contributed by atoms with van der Waals surface area (Å²) in [6.07, 6.45) is 2.93. The quantitative estimate of drug-likeness (QED) is 0.250. The number of aromatic hydroxyl groups is 1. The van der Waals surface area contributed by atoms with Crippen molar-refractivity contribution in [1.82, 2.24) is 4.57 Å². The fraction of sp³-hybridized carbons (Fsp3) is 0.0417. The number of ketones is 1. The number of phenols is 1. The lowest BCUT2D eigenvalue weighted by atomic mass is 10.1. The largest absolute Gasteiger partial charge is 0.507 e. The first kappa shape index (κ1) is 18.8. The number of carbonyl (C=O) groups excluding carboxylic acids is 1. The molecule has 0 saturated heterocycles. The van der Waals surface area contributed by atoms with E-state index in [-0.39, 0.29) is 17.1 Å². The molecule has 4 nitrogen and oxygen atoms in total. The molecule has 0 amide bonds. The molecule has 0 bridgehead atoms. The van der Waals surface area contributed by atoms with Gasteiger partial charge in [-0.25, -0.2) is 0 Å². The lowest BCUT2D eigenvalue weighted by molar-refractivity contribution is 0.104. The highest BCUT2D eigenvalue weighted by Crippen LogP contribution is 2.30. The molecule has 0 spiro atoms. The van der Waals surface area contributed by atoms with Gasteiger partial charge in [0.1, 0.15) is 11.5 Å². The van der Waals surface area contributed by atoms with E-state index in [0.717, 1.165) is 22.5 Å².